The van der Waals surface area contributed by atoms with Crippen LogP contribution in [0.25, 0.3) is 0 Å². The van der Waals surface area contributed by atoms with Crippen LogP contribution in [0.4, 0.5) is 0 Å². The molecular weight excluding hydrogens is 198 g/mol. The van der Waals surface area contributed by atoms with Crippen molar-refractivity contribution in [3.05, 3.63) is 0 Å². The molecule has 0 saturated heterocycles. The topological polar surface area (TPSA) is 32.6 Å². The summed E-state index contributed by atoms with van der Waals surface area (Å²) in [6, 6.07) is 0. The van der Waals surface area contributed by atoms with E-state index in [9.17, 15) is 5.11 Å². The van der Waals surface area contributed by atoms with Crippen molar-refractivity contribution in [2.75, 3.05) is 0 Å². The molecule has 0 radical (unpaired) electrons. The lowest BCUT2D eigenvalue weighted by Gasteiger charge is -2.47. The monoisotopic (exact) mass is 227 g/mol. The first-order chi connectivity index (χ1) is 6.71. The Labute approximate surface area is 101 Å². The molecule has 0 aromatic carbocycles. The van der Waals surface area contributed by atoms with Gasteiger partial charge in [0.25, 0.3) is 0 Å². The van der Waals surface area contributed by atoms with Gasteiger partial charge >= 0.3 is 0 Å². The highest BCUT2D eigenvalue weighted by Gasteiger charge is 2.48. The molecule has 0 aliphatic carbocycles. The van der Waals surface area contributed by atoms with Crippen molar-refractivity contribution < 1.29 is 5.11 Å². The highest BCUT2D eigenvalue weighted by atomic mass is 16.3. The molecule has 0 rings (SSSR count). The van der Waals surface area contributed by atoms with Crippen molar-refractivity contribution >= 4 is 6.21 Å². The third-order valence-electron chi connectivity index (χ3n) is 2.93. The number of hydrogen-bond donors (Lipinski definition) is 1. The lowest BCUT2D eigenvalue weighted by Crippen LogP contribution is -2.54. The maximum atomic E-state index is 10.9. The number of hydrogen-bond acceptors (Lipinski definition) is 2. The van der Waals surface area contributed by atoms with Gasteiger partial charge in [0.15, 0.2) is 0 Å². The van der Waals surface area contributed by atoms with Crippen molar-refractivity contribution in [2.45, 2.75) is 73.5 Å². The summed E-state index contributed by atoms with van der Waals surface area (Å²) in [5.41, 5.74) is -1.53. The minimum absolute atomic E-state index is 0.148. The summed E-state index contributed by atoms with van der Waals surface area (Å²) in [5.74, 6) is 0. The molecule has 0 fully saturated rings. The molecule has 0 aromatic rings. The molecule has 0 amide bonds. The second-order valence-electron chi connectivity index (χ2n) is 7.70. The molecule has 2 nitrogen and oxygen atoms in total. The Morgan fingerprint density at radius 2 is 1.06 bits per heavy atom. The zero-order valence-corrected chi connectivity index (χ0v) is 12.5. The number of aliphatic imine (C=N–C) groups is 1. The first-order valence-corrected chi connectivity index (χ1v) is 5.99. The average Bonchev–Trinajstić information content (AvgIpc) is 1.93. The smallest absolute Gasteiger partial charge is 0.109 e. The highest BCUT2D eigenvalue weighted by molar-refractivity contribution is 5.71. The lowest BCUT2D eigenvalue weighted by atomic mass is 9.63. The van der Waals surface area contributed by atoms with E-state index >= 15 is 0 Å². The van der Waals surface area contributed by atoms with E-state index in [1.165, 1.54) is 0 Å². The number of rotatable bonds is 1. The highest BCUT2D eigenvalue weighted by Crippen LogP contribution is 2.42. The summed E-state index contributed by atoms with van der Waals surface area (Å²) >= 11 is 0. The van der Waals surface area contributed by atoms with Crippen LogP contribution in [-0.4, -0.2) is 22.5 Å². The van der Waals surface area contributed by atoms with Gasteiger partial charge in [0.05, 0.1) is 5.54 Å². The van der Waals surface area contributed by atoms with Crippen molar-refractivity contribution in [1.29, 1.82) is 0 Å². The van der Waals surface area contributed by atoms with E-state index < -0.39 is 5.60 Å². The maximum absolute atomic E-state index is 10.9. The van der Waals surface area contributed by atoms with Crippen molar-refractivity contribution in [3.8, 4) is 0 Å². The molecule has 0 heterocycles. The molecule has 2 heteroatoms. The SMILES string of the molecule is CC(C)(C)N=CC(O)(C(C)(C)C)C(C)(C)C. The Hall–Kier alpha value is -0.370. The third kappa shape index (κ3) is 3.58. The van der Waals surface area contributed by atoms with Crippen LogP contribution < -0.4 is 0 Å². The fourth-order valence-electron chi connectivity index (χ4n) is 1.80. The van der Waals surface area contributed by atoms with Crippen LogP contribution >= 0.6 is 0 Å². The lowest BCUT2D eigenvalue weighted by molar-refractivity contribution is -0.0744. The summed E-state index contributed by atoms with van der Waals surface area (Å²) in [5, 5.41) is 10.9. The molecule has 0 saturated carbocycles. The zero-order valence-electron chi connectivity index (χ0n) is 12.5. The van der Waals surface area contributed by atoms with Crippen LogP contribution in [0.15, 0.2) is 4.99 Å². The minimum Gasteiger partial charge on any atom is -0.383 e. The van der Waals surface area contributed by atoms with Gasteiger partial charge in [-0.25, -0.2) is 0 Å². The van der Waals surface area contributed by atoms with E-state index in [0.717, 1.165) is 0 Å². The second kappa shape index (κ2) is 4.14. The molecule has 0 unspecified atom stereocenters. The van der Waals surface area contributed by atoms with Gasteiger partial charge in [0.2, 0.25) is 0 Å². The summed E-state index contributed by atoms with van der Waals surface area (Å²) < 4.78 is 0. The normalized spacial score (nSPS) is 15.9. The molecule has 0 spiro atoms. The minimum atomic E-state index is -0.909. The predicted octanol–water partition coefficient (Wildman–Crippen LogP) is 3.68. The van der Waals surface area contributed by atoms with Crippen LogP contribution in [-0.2, 0) is 0 Å². The molecule has 0 aromatic heterocycles. The summed E-state index contributed by atoms with van der Waals surface area (Å²) in [6.45, 7) is 18.4. The van der Waals surface area contributed by atoms with Gasteiger partial charge in [-0.1, -0.05) is 41.5 Å². The van der Waals surface area contributed by atoms with E-state index in [0.29, 0.717) is 0 Å². The van der Waals surface area contributed by atoms with Gasteiger partial charge in [-0.05, 0) is 31.6 Å². The quantitative estimate of drug-likeness (QED) is 0.681. The fraction of sp³-hybridized carbons (Fsp3) is 0.929. The Morgan fingerprint density at radius 1 is 0.750 bits per heavy atom. The first-order valence-electron chi connectivity index (χ1n) is 5.99. The summed E-state index contributed by atoms with van der Waals surface area (Å²) in [7, 11) is 0. The van der Waals surface area contributed by atoms with Crippen LogP contribution in [0, 0.1) is 10.8 Å². The van der Waals surface area contributed by atoms with Gasteiger partial charge < -0.3 is 5.11 Å². The van der Waals surface area contributed by atoms with E-state index in [-0.39, 0.29) is 16.4 Å². The molecule has 96 valence electrons. The van der Waals surface area contributed by atoms with Gasteiger partial charge in [0.1, 0.15) is 5.60 Å². The second-order valence-corrected chi connectivity index (χ2v) is 7.70. The largest absolute Gasteiger partial charge is 0.383 e. The van der Waals surface area contributed by atoms with Crippen molar-refractivity contribution in [1.82, 2.24) is 0 Å². The summed E-state index contributed by atoms with van der Waals surface area (Å²) in [4.78, 5) is 4.49. The Bertz CT molecular complexity index is 244. The summed E-state index contributed by atoms with van der Waals surface area (Å²) in [6.07, 6.45) is 1.74. The third-order valence-corrected chi connectivity index (χ3v) is 2.93. The van der Waals surface area contributed by atoms with E-state index in [1.807, 2.05) is 62.3 Å². The molecular formula is C14H29NO. The molecule has 0 aliphatic heterocycles. The molecule has 16 heavy (non-hydrogen) atoms. The molecule has 1 N–H and O–H groups in total. The average molecular weight is 227 g/mol. The van der Waals surface area contributed by atoms with E-state index in [4.69, 9.17) is 0 Å². The Morgan fingerprint density at radius 3 is 1.25 bits per heavy atom. The Balaban J connectivity index is 5.39. The molecule has 0 bridgehead atoms. The van der Waals surface area contributed by atoms with Gasteiger partial charge in [-0.3, -0.25) is 4.99 Å². The standard InChI is InChI=1S/C14H29NO/c1-11(2,3)14(16,12(4,5)6)10-15-13(7,8)9/h10,16H,1-9H3. The fourth-order valence-corrected chi connectivity index (χ4v) is 1.80. The van der Waals surface area contributed by atoms with Crippen molar-refractivity contribution in [3.63, 3.8) is 0 Å². The zero-order chi connectivity index (χ0) is 13.4. The molecule has 0 atom stereocenters. The number of aliphatic hydroxyl groups is 1. The Kier molecular flexibility index (Phi) is 4.04. The van der Waals surface area contributed by atoms with Crippen LogP contribution in [0.5, 0.6) is 0 Å². The van der Waals surface area contributed by atoms with Gasteiger partial charge in [-0.2, -0.15) is 0 Å². The van der Waals surface area contributed by atoms with Crippen LogP contribution in [0.2, 0.25) is 0 Å². The molecule has 0 aliphatic rings. The van der Waals surface area contributed by atoms with Gasteiger partial charge in [-0.15, -0.1) is 0 Å². The van der Waals surface area contributed by atoms with Crippen LogP contribution in [0.1, 0.15) is 62.3 Å². The maximum Gasteiger partial charge on any atom is 0.109 e. The van der Waals surface area contributed by atoms with Crippen molar-refractivity contribution in [2.24, 2.45) is 15.8 Å². The van der Waals surface area contributed by atoms with E-state index in [2.05, 4.69) is 4.99 Å². The number of nitrogens with zero attached hydrogens (tertiary/aromatic N) is 1. The van der Waals surface area contributed by atoms with Crippen LogP contribution in [0.3, 0.4) is 0 Å². The predicted molar refractivity (Wildman–Crippen MR) is 72.1 cm³/mol. The van der Waals surface area contributed by atoms with Gasteiger partial charge in [0, 0.05) is 6.21 Å². The van der Waals surface area contributed by atoms with E-state index in [1.54, 1.807) is 6.21 Å². The first kappa shape index (κ1) is 15.6.